The second-order valence-corrected chi connectivity index (χ2v) is 23.9. The number of aromatic nitrogens is 1. The molecule has 1 aromatic heterocycles. The number of ether oxygens (including phenoxy) is 2. The number of likely N-dealkylation sites (N-methyl/N-ethyl adjacent to an activating group) is 2. The molecule has 82 heavy (non-hydrogen) atoms. The number of H-pyrrole nitrogens is 1. The third kappa shape index (κ3) is 19.1. The van der Waals surface area contributed by atoms with Crippen LogP contribution >= 0.6 is 12.6 Å². The Morgan fingerprint density at radius 1 is 0.902 bits per heavy atom. The number of nitrogens with zero attached hydrogens (tertiary/aromatic N) is 4. The summed E-state index contributed by atoms with van der Waals surface area (Å²) in [5.41, 5.74) is 7.70. The summed E-state index contributed by atoms with van der Waals surface area (Å²) >= 11 is 4.08. The Hall–Kier alpha value is -5.35. The quantitative estimate of drug-likeness (QED) is 0.0252. The topological polar surface area (TPSA) is 268 Å². The van der Waals surface area contributed by atoms with E-state index in [4.69, 9.17) is 15.2 Å². The Bertz CT molecular complexity index is 2490. The van der Waals surface area contributed by atoms with Crippen molar-refractivity contribution in [2.45, 2.75) is 181 Å². The van der Waals surface area contributed by atoms with E-state index in [1.807, 2.05) is 84.0 Å². The molecule has 2 aliphatic rings. The highest BCUT2D eigenvalue weighted by atomic mass is 32.1. The van der Waals surface area contributed by atoms with Gasteiger partial charge < -0.3 is 40.1 Å². The maximum absolute atomic E-state index is 14.8. The molecule has 458 valence electrons. The largest absolute Gasteiger partial charge is 0.379 e. The highest BCUT2D eigenvalue weighted by Crippen LogP contribution is 2.33. The Kier molecular flexibility index (Phi) is 28.5. The fourth-order valence-electron chi connectivity index (χ4n) is 12.2. The van der Waals surface area contributed by atoms with E-state index >= 15 is 0 Å². The number of ketones is 3. The van der Waals surface area contributed by atoms with Gasteiger partial charge in [0.25, 0.3) is 0 Å². The molecule has 0 saturated carbocycles. The molecule has 1 aromatic carbocycles. The lowest BCUT2D eigenvalue weighted by molar-refractivity contribution is -0.149. The van der Waals surface area contributed by atoms with Gasteiger partial charge in [-0.1, -0.05) is 79.5 Å². The van der Waals surface area contributed by atoms with Gasteiger partial charge in [-0.15, -0.1) is 0 Å². The van der Waals surface area contributed by atoms with E-state index in [0.717, 1.165) is 16.5 Å². The third-order valence-electron chi connectivity index (χ3n) is 17.1. The average Bonchev–Trinajstić information content (AvgIpc) is 4.35. The smallest absolute Gasteiger partial charge is 0.246 e. The summed E-state index contributed by atoms with van der Waals surface area (Å²) < 4.78 is 12.1. The second-order valence-electron chi connectivity index (χ2n) is 23.6. The predicted octanol–water partition coefficient (Wildman–Crippen LogP) is 5.12. The van der Waals surface area contributed by atoms with Crippen LogP contribution in [-0.2, 0) is 63.8 Å². The number of fused-ring (bicyclic) bond motifs is 1. The first kappa shape index (κ1) is 69.1. The molecule has 0 aliphatic carbocycles. The normalized spacial score (nSPS) is 19.0. The van der Waals surface area contributed by atoms with Crippen LogP contribution in [0.5, 0.6) is 0 Å². The number of thiol groups is 1. The molecule has 0 radical (unpaired) electrons. The van der Waals surface area contributed by atoms with Crippen molar-refractivity contribution in [3.63, 3.8) is 0 Å². The Morgan fingerprint density at radius 3 is 2.23 bits per heavy atom. The summed E-state index contributed by atoms with van der Waals surface area (Å²) in [6.45, 7) is 14.6. The number of rotatable bonds is 39. The molecule has 2 aromatic rings. The number of para-hydroxylation sites is 1. The minimum absolute atomic E-state index is 0.0111. The Labute approximate surface area is 491 Å². The van der Waals surface area contributed by atoms with Gasteiger partial charge in [0.1, 0.15) is 12.1 Å². The predicted molar refractivity (Wildman–Crippen MR) is 317 cm³/mol. The molecule has 1 unspecified atom stereocenters. The lowest BCUT2D eigenvalue weighted by Gasteiger charge is -2.41. The van der Waals surface area contributed by atoms with E-state index in [1.54, 1.807) is 30.9 Å². The lowest BCUT2D eigenvalue weighted by Crippen LogP contribution is -2.54. The van der Waals surface area contributed by atoms with Crippen molar-refractivity contribution in [2.75, 3.05) is 60.2 Å². The summed E-state index contributed by atoms with van der Waals surface area (Å²) in [7, 11) is 6.64. The number of amides is 6. The summed E-state index contributed by atoms with van der Waals surface area (Å²) in [5, 5.41) is 6.51. The minimum atomic E-state index is -0.754. The number of hydrogen-bond acceptors (Lipinski definition) is 15. The molecule has 21 heteroatoms. The zero-order valence-corrected chi connectivity index (χ0v) is 51.5. The molecular weight excluding hydrogens is 1070 g/mol. The maximum Gasteiger partial charge on any atom is 0.246 e. The first-order valence-corrected chi connectivity index (χ1v) is 30.2. The van der Waals surface area contributed by atoms with Crippen LogP contribution in [0.3, 0.4) is 0 Å². The van der Waals surface area contributed by atoms with Gasteiger partial charge in [-0.25, -0.2) is 0 Å². The number of primary amides is 1. The van der Waals surface area contributed by atoms with Crippen LogP contribution in [-0.4, -0.2) is 186 Å². The van der Waals surface area contributed by atoms with Crippen molar-refractivity contribution in [1.29, 1.82) is 0 Å². The average molecular weight is 1170 g/mol. The molecule has 3 heterocycles. The summed E-state index contributed by atoms with van der Waals surface area (Å²) in [6, 6.07) is 4.89. The number of likely N-dealkylation sites (tertiary alicyclic amines) is 2. The van der Waals surface area contributed by atoms with Gasteiger partial charge in [-0.3, -0.25) is 58.3 Å². The first-order valence-electron chi connectivity index (χ1n) is 29.6. The van der Waals surface area contributed by atoms with Gasteiger partial charge in [0.05, 0.1) is 61.8 Å². The van der Waals surface area contributed by atoms with Crippen LogP contribution in [0.1, 0.15) is 138 Å². The highest BCUT2D eigenvalue weighted by Gasteiger charge is 2.44. The van der Waals surface area contributed by atoms with Gasteiger partial charge in [0.15, 0.2) is 11.6 Å². The van der Waals surface area contributed by atoms with Crippen LogP contribution in [0.2, 0.25) is 0 Å². The van der Waals surface area contributed by atoms with Crippen molar-refractivity contribution in [1.82, 2.24) is 35.2 Å². The zero-order valence-electron chi connectivity index (χ0n) is 50.6. The Balaban J connectivity index is 1.29. The van der Waals surface area contributed by atoms with Gasteiger partial charge >= 0.3 is 0 Å². The van der Waals surface area contributed by atoms with Gasteiger partial charge in [0.2, 0.25) is 35.4 Å². The maximum atomic E-state index is 14.8. The van der Waals surface area contributed by atoms with E-state index in [1.165, 1.54) is 12.0 Å². The van der Waals surface area contributed by atoms with Crippen molar-refractivity contribution in [2.24, 2.45) is 41.2 Å². The molecular formula is C61H96N8O12S. The number of nitrogens with one attached hydrogen (secondary N) is 3. The number of aromatic amines is 1. The van der Waals surface area contributed by atoms with Crippen LogP contribution in [0.25, 0.3) is 10.9 Å². The monoisotopic (exact) mass is 1160 g/mol. The first-order chi connectivity index (χ1) is 38.9. The number of benzene rings is 1. The van der Waals surface area contributed by atoms with Crippen LogP contribution in [0.4, 0.5) is 0 Å². The standard InChI is InChI=1S/C61H96N8O12S/c1-12-39(6)57(52(80-10)32-55(76)68-27-19-23-49(68)58(81-11)40(7)50(72)29-41(59(62)77)28-42-33-63-47-22-16-15-21-45(42)47)67(9)60(78)46(37(2)3)30-51(73)56(38(4)5)66(8)25-18-20-44(71)34-64-53(74)24-14-13-17-26-69-54(75)31-48(61(69)79)65-43(35-70)36-82/h15-16,21-22,33,35,37-41,43,46,48-49,52,56-58,63,65,82H,12-14,17-20,23-32,34,36H2,1-11H3,(H2,62,77)(H,64,74)/t39-,40-,41+,43+,46-,48?,49-,52+,56-,57-,58+/m0/s1. The zero-order chi connectivity index (χ0) is 61.0. The Morgan fingerprint density at radius 2 is 1.61 bits per heavy atom. The van der Waals surface area contributed by atoms with E-state index < -0.39 is 66.1 Å². The number of nitrogens with two attached hydrogens (primary N) is 1. The number of carbonyl (C=O) groups is 10. The summed E-state index contributed by atoms with van der Waals surface area (Å²) in [5.74, 6) is -4.61. The van der Waals surface area contributed by atoms with Crippen molar-refractivity contribution in [3.05, 3.63) is 36.0 Å². The second kappa shape index (κ2) is 33.8. The summed E-state index contributed by atoms with van der Waals surface area (Å²) in [4.78, 5) is 142. The minimum Gasteiger partial charge on any atom is -0.379 e. The molecule has 2 saturated heterocycles. The number of Topliss-reactive ketones (excluding diaryl/α,β-unsaturated/α-hetero) is 3. The molecule has 11 atom stereocenters. The number of unbranched alkanes of at least 4 members (excludes halogenated alkanes) is 2. The summed E-state index contributed by atoms with van der Waals surface area (Å²) in [6.07, 6.45) is 5.74. The van der Waals surface area contributed by atoms with Crippen LogP contribution in [0.15, 0.2) is 30.5 Å². The van der Waals surface area contributed by atoms with E-state index in [9.17, 15) is 47.9 Å². The molecule has 0 bridgehead atoms. The van der Waals surface area contributed by atoms with Crippen molar-refractivity contribution < 1.29 is 57.4 Å². The third-order valence-corrected chi connectivity index (χ3v) is 17.5. The molecule has 6 amide bonds. The SMILES string of the molecule is CC[C@H](C)[C@@H]([C@@H](CC(=O)N1CCC[C@H]1[C@H](OC)[C@@H](C)C(=O)C[C@@H](Cc1c[nH]c2ccccc12)C(N)=O)OC)N(C)C(=O)[C@@H](CC(=O)[C@H](C(C)C)N(C)CCCC(=O)CNC(=O)CCCCCN1C(=O)CC(N[C@H](C=O)CS)C1=O)C(C)C. The number of aldehydes is 1. The molecule has 5 N–H and O–H groups in total. The molecule has 2 aliphatic heterocycles. The van der Waals surface area contributed by atoms with Gasteiger partial charge in [0, 0.05) is 101 Å². The van der Waals surface area contributed by atoms with E-state index in [2.05, 4.69) is 28.2 Å². The van der Waals surface area contributed by atoms with Crippen molar-refractivity contribution >= 4 is 82.6 Å². The van der Waals surface area contributed by atoms with Crippen molar-refractivity contribution in [3.8, 4) is 0 Å². The fraction of sp³-hybridized carbons (Fsp3) is 0.705. The molecule has 0 spiro atoms. The van der Waals surface area contributed by atoms with E-state index in [-0.39, 0.29) is 122 Å². The number of carbonyl (C=O) groups excluding carboxylic acids is 10. The van der Waals surface area contributed by atoms with E-state index in [0.29, 0.717) is 70.7 Å². The molecule has 20 nitrogen and oxygen atoms in total. The van der Waals surface area contributed by atoms with Gasteiger partial charge in [-0.2, -0.15) is 12.6 Å². The van der Waals surface area contributed by atoms with Gasteiger partial charge in [-0.05, 0) is 81.5 Å². The van der Waals surface area contributed by atoms with Crippen LogP contribution in [0, 0.1) is 35.5 Å². The highest BCUT2D eigenvalue weighted by molar-refractivity contribution is 7.80. The number of methoxy groups -OCH3 is 2. The number of hydrogen-bond donors (Lipinski definition) is 5. The molecule has 2 fully saturated rings. The fourth-order valence-corrected chi connectivity index (χ4v) is 12.3. The lowest BCUT2D eigenvalue weighted by atomic mass is 9.83. The van der Waals surface area contributed by atoms with Crippen LogP contribution < -0.4 is 16.4 Å². The number of imide groups is 1. The molecule has 4 rings (SSSR count).